The molecule has 0 spiro atoms. The average Bonchev–Trinajstić information content (AvgIpc) is 3.71. The molecular weight excluding hydrogens is 470 g/mol. The first-order valence-corrected chi connectivity index (χ1v) is 12.3. The molecule has 2 aromatic carbocycles. The number of hydrogen-bond acceptors (Lipinski definition) is 9. The van der Waals surface area contributed by atoms with E-state index in [4.69, 9.17) is 9.47 Å². The summed E-state index contributed by atoms with van der Waals surface area (Å²) in [5, 5.41) is 15.3. The second-order valence-electron chi connectivity index (χ2n) is 6.30. The minimum atomic E-state index is 0. The van der Waals surface area contributed by atoms with Gasteiger partial charge in [-0.1, -0.05) is 31.7 Å². The Morgan fingerprint density at radius 3 is 1.97 bits per heavy atom. The van der Waals surface area contributed by atoms with Crippen molar-refractivity contribution in [2.24, 2.45) is 0 Å². The molecule has 5 heterocycles. The Kier molecular flexibility index (Phi) is 13.5. The standard InChI is InChI=1S/C7H5NS.C7H6O2.C4H8S.2C2H3N3.CH4/c2*1-2-4-7-6(3-1)8-5-9-7;1-2-4-5-3-1;1-3-2-5-4-1;1-2-4-5-3-1;/h1-5H;1-4H,5H2;1-4H2;2*1-2H,(H,3,4,5);1H4. The summed E-state index contributed by atoms with van der Waals surface area (Å²) in [4.78, 5) is 7.69. The highest BCUT2D eigenvalue weighted by molar-refractivity contribution is 7.99. The van der Waals surface area contributed by atoms with Crippen LogP contribution >= 0.6 is 23.1 Å². The smallest absolute Gasteiger partial charge is 0.231 e. The monoisotopic (exact) mass is 499 g/mol. The molecule has 0 saturated carbocycles. The van der Waals surface area contributed by atoms with E-state index in [9.17, 15) is 0 Å². The number of aromatic nitrogens is 7. The molecule has 2 aliphatic rings. The lowest BCUT2D eigenvalue weighted by Crippen LogP contribution is -1.92. The van der Waals surface area contributed by atoms with Crippen molar-refractivity contribution < 1.29 is 9.47 Å². The minimum absolute atomic E-state index is 0. The summed E-state index contributed by atoms with van der Waals surface area (Å²) in [6.07, 6.45) is 9.05. The van der Waals surface area contributed by atoms with Crippen LogP contribution in [0.5, 0.6) is 11.5 Å². The summed E-state index contributed by atoms with van der Waals surface area (Å²) in [5.74, 6) is 4.52. The number of thioether (sulfide) groups is 1. The number of hydrogen-bond donors (Lipinski definition) is 2. The van der Waals surface area contributed by atoms with Crippen LogP contribution in [0.1, 0.15) is 20.3 Å². The Bertz CT molecular complexity index is 980. The van der Waals surface area contributed by atoms with E-state index < -0.39 is 0 Å². The predicted molar refractivity (Wildman–Crippen MR) is 138 cm³/mol. The molecule has 0 atom stereocenters. The highest BCUT2D eigenvalue weighted by Crippen LogP contribution is 2.30. The molecule has 1 fully saturated rings. The third-order valence-electron chi connectivity index (χ3n) is 4.00. The summed E-state index contributed by atoms with van der Waals surface area (Å²) in [6, 6.07) is 15.8. The predicted octanol–water partition coefficient (Wildman–Crippen LogP) is 5.47. The number of H-pyrrole nitrogens is 2. The van der Waals surface area contributed by atoms with Crippen molar-refractivity contribution in [1.29, 1.82) is 0 Å². The number of thiazole rings is 1. The van der Waals surface area contributed by atoms with E-state index >= 15 is 0 Å². The molecule has 0 amide bonds. The van der Waals surface area contributed by atoms with Crippen LogP contribution in [0.2, 0.25) is 0 Å². The fourth-order valence-corrected chi connectivity index (χ4v) is 4.19. The Morgan fingerprint density at radius 1 is 0.824 bits per heavy atom. The van der Waals surface area contributed by atoms with E-state index in [1.165, 1.54) is 41.7 Å². The Labute approximate surface area is 207 Å². The van der Waals surface area contributed by atoms with Gasteiger partial charge in [0.1, 0.15) is 12.7 Å². The third kappa shape index (κ3) is 10.5. The maximum absolute atomic E-state index is 5.08. The fraction of sp³-hybridized carbons (Fsp3) is 0.261. The van der Waals surface area contributed by atoms with Gasteiger partial charge in [0.25, 0.3) is 0 Å². The molecule has 0 unspecified atom stereocenters. The van der Waals surface area contributed by atoms with Gasteiger partial charge in [-0.05, 0) is 48.6 Å². The second-order valence-corrected chi connectivity index (χ2v) is 8.41. The van der Waals surface area contributed by atoms with Crippen LogP contribution in [0.3, 0.4) is 0 Å². The van der Waals surface area contributed by atoms with Gasteiger partial charge in [0.2, 0.25) is 6.79 Å². The summed E-state index contributed by atoms with van der Waals surface area (Å²) >= 11 is 3.75. The molecule has 1 saturated heterocycles. The second kappa shape index (κ2) is 17.1. The number of ether oxygens (including phenoxy) is 2. The van der Waals surface area contributed by atoms with Crippen molar-refractivity contribution in [1.82, 2.24) is 35.6 Å². The van der Waals surface area contributed by atoms with Crippen molar-refractivity contribution in [2.75, 3.05) is 18.3 Å². The molecule has 34 heavy (non-hydrogen) atoms. The highest BCUT2D eigenvalue weighted by atomic mass is 32.2. The summed E-state index contributed by atoms with van der Waals surface area (Å²) < 4.78 is 11.4. The molecule has 3 aromatic heterocycles. The van der Waals surface area contributed by atoms with Gasteiger partial charge in [-0.3, -0.25) is 5.10 Å². The Balaban J connectivity index is 0.000000154. The van der Waals surface area contributed by atoms with Crippen LogP contribution in [0.4, 0.5) is 0 Å². The van der Waals surface area contributed by atoms with Gasteiger partial charge < -0.3 is 9.47 Å². The van der Waals surface area contributed by atoms with Crippen LogP contribution < -0.4 is 9.47 Å². The van der Waals surface area contributed by atoms with E-state index in [1.807, 2.05) is 48.0 Å². The zero-order valence-electron chi connectivity index (χ0n) is 17.9. The first-order valence-electron chi connectivity index (χ1n) is 10.2. The molecule has 7 rings (SSSR count). The molecular formula is C23H29N7O2S2. The molecule has 0 bridgehead atoms. The van der Waals surface area contributed by atoms with E-state index in [0.29, 0.717) is 6.79 Å². The number of benzene rings is 2. The summed E-state index contributed by atoms with van der Waals surface area (Å²) in [6.45, 7) is 0.360. The van der Waals surface area contributed by atoms with Crippen molar-refractivity contribution in [3.8, 4) is 11.5 Å². The fourth-order valence-electron chi connectivity index (χ4n) is 2.49. The number of aromatic amines is 2. The summed E-state index contributed by atoms with van der Waals surface area (Å²) in [5.41, 5.74) is 2.97. The molecule has 0 aliphatic carbocycles. The Hall–Kier alpha value is -3.44. The van der Waals surface area contributed by atoms with Crippen LogP contribution in [0.15, 0.2) is 79.1 Å². The van der Waals surface area contributed by atoms with Gasteiger partial charge >= 0.3 is 0 Å². The summed E-state index contributed by atoms with van der Waals surface area (Å²) in [7, 11) is 0. The van der Waals surface area contributed by atoms with Crippen molar-refractivity contribution >= 4 is 33.3 Å². The molecule has 180 valence electrons. The lowest BCUT2D eigenvalue weighted by molar-refractivity contribution is 0.174. The molecule has 2 aliphatic heterocycles. The van der Waals surface area contributed by atoms with E-state index in [2.05, 4.69) is 53.4 Å². The average molecular weight is 500 g/mol. The lowest BCUT2D eigenvalue weighted by Gasteiger charge is -1.89. The number of fused-ring (bicyclic) bond motifs is 2. The minimum Gasteiger partial charge on any atom is -0.454 e. The maximum Gasteiger partial charge on any atom is 0.231 e. The van der Waals surface area contributed by atoms with Crippen LogP contribution in [0, 0.1) is 0 Å². The van der Waals surface area contributed by atoms with E-state index in [1.54, 1.807) is 23.7 Å². The zero-order valence-corrected chi connectivity index (χ0v) is 19.5. The number of para-hydroxylation sites is 3. The van der Waals surface area contributed by atoms with Crippen LogP contribution in [0.25, 0.3) is 10.2 Å². The largest absolute Gasteiger partial charge is 0.454 e. The van der Waals surface area contributed by atoms with Crippen molar-refractivity contribution in [3.63, 3.8) is 0 Å². The van der Waals surface area contributed by atoms with Gasteiger partial charge in [0, 0.05) is 0 Å². The third-order valence-corrected chi connectivity index (χ3v) is 5.97. The normalized spacial score (nSPS) is 12.2. The van der Waals surface area contributed by atoms with Gasteiger partial charge in [-0.15, -0.1) is 11.3 Å². The van der Waals surface area contributed by atoms with Gasteiger partial charge in [0.15, 0.2) is 11.5 Å². The van der Waals surface area contributed by atoms with Crippen molar-refractivity contribution in [3.05, 3.63) is 79.1 Å². The Morgan fingerprint density at radius 2 is 1.50 bits per heavy atom. The van der Waals surface area contributed by atoms with Crippen LogP contribution in [-0.4, -0.2) is 53.9 Å². The van der Waals surface area contributed by atoms with E-state index in [-0.39, 0.29) is 7.43 Å². The van der Waals surface area contributed by atoms with Gasteiger partial charge in [-0.2, -0.15) is 32.3 Å². The molecule has 0 radical (unpaired) electrons. The lowest BCUT2D eigenvalue weighted by atomic mass is 10.3. The highest BCUT2D eigenvalue weighted by Gasteiger charge is 2.09. The first-order chi connectivity index (χ1) is 16.4. The topological polar surface area (TPSA) is 114 Å². The quantitative estimate of drug-likeness (QED) is 0.288. The van der Waals surface area contributed by atoms with Crippen LogP contribution in [-0.2, 0) is 0 Å². The van der Waals surface area contributed by atoms with Gasteiger partial charge in [-0.25, -0.2) is 9.97 Å². The SMILES string of the molecule is C.C1CCSC1.c1ccc2c(c1)OCO2.c1ccc2scnc2c1.c1cn[nH]n1.c1nc[nH]n1. The number of rotatable bonds is 0. The number of nitrogens with zero attached hydrogens (tertiary/aromatic N) is 5. The molecule has 2 N–H and O–H groups in total. The van der Waals surface area contributed by atoms with E-state index in [0.717, 1.165) is 17.0 Å². The van der Waals surface area contributed by atoms with Crippen molar-refractivity contribution in [2.45, 2.75) is 20.3 Å². The zero-order chi connectivity index (χ0) is 22.8. The number of nitrogens with one attached hydrogen (secondary N) is 2. The molecule has 5 aromatic rings. The molecule has 9 nitrogen and oxygen atoms in total. The van der Waals surface area contributed by atoms with Gasteiger partial charge in [0.05, 0.1) is 28.1 Å². The first kappa shape index (κ1) is 26.8. The maximum atomic E-state index is 5.08. The molecule has 11 heteroatoms.